The minimum absolute atomic E-state index is 0.0610. The number of rotatable bonds is 2. The lowest BCUT2D eigenvalue weighted by atomic mass is 9.87. The fourth-order valence-electron chi connectivity index (χ4n) is 2.01. The van der Waals surface area contributed by atoms with E-state index in [1.807, 2.05) is 11.6 Å². The zero-order valence-corrected chi connectivity index (χ0v) is 13.3. The van der Waals surface area contributed by atoms with Crippen molar-refractivity contribution in [3.63, 3.8) is 0 Å². The van der Waals surface area contributed by atoms with Crippen molar-refractivity contribution in [1.29, 1.82) is 0 Å². The molecule has 2 aromatic rings. The summed E-state index contributed by atoms with van der Waals surface area (Å²) in [6.07, 6.45) is 0. The number of aliphatic hydroxyl groups is 1. The van der Waals surface area contributed by atoms with Gasteiger partial charge in [-0.15, -0.1) is 0 Å². The van der Waals surface area contributed by atoms with Gasteiger partial charge in [-0.25, -0.2) is 4.98 Å². The summed E-state index contributed by atoms with van der Waals surface area (Å²) in [7, 11) is 1.93. The van der Waals surface area contributed by atoms with E-state index in [0.29, 0.717) is 5.69 Å². The van der Waals surface area contributed by atoms with E-state index >= 15 is 0 Å². The van der Waals surface area contributed by atoms with Crippen molar-refractivity contribution < 1.29 is 5.11 Å². The Kier molecular flexibility index (Phi) is 3.83. The van der Waals surface area contributed by atoms with E-state index in [2.05, 4.69) is 66.0 Å². The van der Waals surface area contributed by atoms with Crippen molar-refractivity contribution in [2.75, 3.05) is 0 Å². The molecule has 1 aromatic carbocycles. The monoisotopic (exact) mass is 322 g/mol. The van der Waals surface area contributed by atoms with Gasteiger partial charge in [-0.2, -0.15) is 0 Å². The Morgan fingerprint density at radius 2 is 1.79 bits per heavy atom. The van der Waals surface area contributed by atoms with Crippen LogP contribution >= 0.6 is 15.9 Å². The van der Waals surface area contributed by atoms with Crippen molar-refractivity contribution in [1.82, 2.24) is 9.55 Å². The Hall–Kier alpha value is -1.13. The first-order chi connectivity index (χ1) is 8.84. The standard InChI is InChI=1S/C15H19BrN2O/c1-15(2,3)11-7-5-10(6-8-11)14-17-12(9-19)13(16)18(14)4/h5-8,19H,9H2,1-4H3. The molecule has 4 heteroatoms. The van der Waals surface area contributed by atoms with Gasteiger partial charge >= 0.3 is 0 Å². The van der Waals surface area contributed by atoms with Crippen molar-refractivity contribution in [2.24, 2.45) is 7.05 Å². The Labute approximate surface area is 122 Å². The molecule has 0 saturated heterocycles. The summed E-state index contributed by atoms with van der Waals surface area (Å²) >= 11 is 3.45. The molecular weight excluding hydrogens is 304 g/mol. The van der Waals surface area contributed by atoms with Crippen molar-refractivity contribution in [2.45, 2.75) is 32.8 Å². The van der Waals surface area contributed by atoms with E-state index in [1.165, 1.54) is 5.56 Å². The van der Waals surface area contributed by atoms with Gasteiger partial charge in [0.25, 0.3) is 0 Å². The summed E-state index contributed by atoms with van der Waals surface area (Å²) in [6, 6.07) is 8.43. The molecule has 0 radical (unpaired) electrons. The quantitative estimate of drug-likeness (QED) is 0.916. The van der Waals surface area contributed by atoms with E-state index in [9.17, 15) is 5.11 Å². The first-order valence-electron chi connectivity index (χ1n) is 6.27. The van der Waals surface area contributed by atoms with Gasteiger partial charge in [0.15, 0.2) is 0 Å². The number of benzene rings is 1. The molecule has 0 spiro atoms. The molecule has 0 amide bonds. The molecule has 19 heavy (non-hydrogen) atoms. The third-order valence-electron chi connectivity index (χ3n) is 3.25. The highest BCUT2D eigenvalue weighted by Gasteiger charge is 2.16. The SMILES string of the molecule is Cn1c(-c2ccc(C(C)(C)C)cc2)nc(CO)c1Br. The number of aromatic nitrogens is 2. The van der Waals surface area contributed by atoms with E-state index in [1.54, 1.807) is 0 Å². The first-order valence-corrected chi connectivity index (χ1v) is 7.06. The molecule has 2 rings (SSSR count). The number of aliphatic hydroxyl groups excluding tert-OH is 1. The van der Waals surface area contributed by atoms with Gasteiger partial charge < -0.3 is 9.67 Å². The van der Waals surface area contributed by atoms with Crippen LogP contribution in [-0.4, -0.2) is 14.7 Å². The molecule has 0 unspecified atom stereocenters. The Morgan fingerprint density at radius 1 is 1.21 bits per heavy atom. The Morgan fingerprint density at radius 3 is 2.21 bits per heavy atom. The Bertz CT molecular complexity index is 579. The van der Waals surface area contributed by atoms with Gasteiger partial charge in [-0.05, 0) is 26.9 Å². The lowest BCUT2D eigenvalue weighted by molar-refractivity contribution is 0.276. The van der Waals surface area contributed by atoms with Gasteiger partial charge in [0.05, 0.1) is 12.3 Å². The number of hydrogen-bond donors (Lipinski definition) is 1. The van der Waals surface area contributed by atoms with Crippen LogP contribution in [0.3, 0.4) is 0 Å². The van der Waals surface area contributed by atoms with Crippen molar-refractivity contribution >= 4 is 15.9 Å². The van der Waals surface area contributed by atoms with Gasteiger partial charge in [0.1, 0.15) is 10.4 Å². The third-order valence-corrected chi connectivity index (χ3v) is 4.24. The van der Waals surface area contributed by atoms with E-state index in [-0.39, 0.29) is 12.0 Å². The maximum atomic E-state index is 9.25. The van der Waals surface area contributed by atoms with Crippen LogP contribution in [0, 0.1) is 0 Å². The zero-order chi connectivity index (χ0) is 14.2. The topological polar surface area (TPSA) is 38.0 Å². The van der Waals surface area contributed by atoms with Gasteiger partial charge in [-0.3, -0.25) is 0 Å². The fraction of sp³-hybridized carbons (Fsp3) is 0.400. The van der Waals surface area contributed by atoms with Crippen LogP contribution in [-0.2, 0) is 19.1 Å². The molecule has 0 aliphatic rings. The van der Waals surface area contributed by atoms with E-state index < -0.39 is 0 Å². The van der Waals surface area contributed by atoms with Gasteiger partial charge in [-0.1, -0.05) is 45.0 Å². The third kappa shape index (κ3) is 2.74. The van der Waals surface area contributed by atoms with Gasteiger partial charge in [0, 0.05) is 12.6 Å². The molecule has 1 aromatic heterocycles. The molecule has 0 aliphatic heterocycles. The minimum atomic E-state index is -0.0610. The lowest BCUT2D eigenvalue weighted by Gasteiger charge is -2.19. The van der Waals surface area contributed by atoms with Crippen LogP contribution < -0.4 is 0 Å². The average molecular weight is 323 g/mol. The molecule has 0 aliphatic carbocycles. The molecule has 0 atom stereocenters. The normalized spacial score (nSPS) is 11.9. The maximum absolute atomic E-state index is 9.25. The summed E-state index contributed by atoms with van der Waals surface area (Å²) < 4.78 is 2.77. The van der Waals surface area contributed by atoms with Crippen LogP contribution in [0.4, 0.5) is 0 Å². The number of hydrogen-bond acceptors (Lipinski definition) is 2. The summed E-state index contributed by atoms with van der Waals surface area (Å²) in [5.74, 6) is 0.858. The van der Waals surface area contributed by atoms with Gasteiger partial charge in [0.2, 0.25) is 0 Å². The molecular formula is C15H19BrN2O. The summed E-state index contributed by atoms with van der Waals surface area (Å²) in [4.78, 5) is 4.46. The van der Waals surface area contributed by atoms with Crippen molar-refractivity contribution in [3.8, 4) is 11.4 Å². The first kappa shape index (κ1) is 14.3. The second-order valence-corrected chi connectivity index (χ2v) is 6.47. The van der Waals surface area contributed by atoms with Crippen LogP contribution in [0.15, 0.2) is 28.9 Å². The average Bonchev–Trinajstić information content (AvgIpc) is 2.65. The summed E-state index contributed by atoms with van der Waals surface area (Å²) in [6.45, 7) is 6.53. The zero-order valence-electron chi connectivity index (χ0n) is 11.7. The molecule has 1 N–H and O–H groups in total. The van der Waals surface area contributed by atoms with Crippen LogP contribution in [0.25, 0.3) is 11.4 Å². The Balaban J connectivity index is 2.43. The highest BCUT2D eigenvalue weighted by molar-refractivity contribution is 9.10. The molecule has 0 bridgehead atoms. The second-order valence-electron chi connectivity index (χ2n) is 5.72. The summed E-state index contributed by atoms with van der Waals surface area (Å²) in [5, 5.41) is 9.25. The highest BCUT2D eigenvalue weighted by atomic mass is 79.9. The van der Waals surface area contributed by atoms with Crippen LogP contribution in [0.2, 0.25) is 0 Å². The molecule has 3 nitrogen and oxygen atoms in total. The van der Waals surface area contributed by atoms with Crippen LogP contribution in [0.1, 0.15) is 32.0 Å². The second kappa shape index (κ2) is 5.10. The van der Waals surface area contributed by atoms with Crippen molar-refractivity contribution in [3.05, 3.63) is 40.1 Å². The molecule has 1 heterocycles. The molecule has 102 valence electrons. The smallest absolute Gasteiger partial charge is 0.140 e. The maximum Gasteiger partial charge on any atom is 0.140 e. The molecule has 0 fully saturated rings. The minimum Gasteiger partial charge on any atom is -0.390 e. The number of imidazole rings is 1. The van der Waals surface area contributed by atoms with Crippen LogP contribution in [0.5, 0.6) is 0 Å². The number of halogens is 1. The largest absolute Gasteiger partial charge is 0.390 e. The van der Waals surface area contributed by atoms with E-state index in [0.717, 1.165) is 16.0 Å². The fourth-order valence-corrected chi connectivity index (χ4v) is 2.40. The highest BCUT2D eigenvalue weighted by Crippen LogP contribution is 2.28. The van der Waals surface area contributed by atoms with E-state index in [4.69, 9.17) is 0 Å². The lowest BCUT2D eigenvalue weighted by Crippen LogP contribution is -2.10. The summed E-state index contributed by atoms with van der Waals surface area (Å²) in [5.41, 5.74) is 3.16. The predicted molar refractivity (Wildman–Crippen MR) is 81.0 cm³/mol. The predicted octanol–water partition coefficient (Wildman–Crippen LogP) is 3.64. The molecule has 0 saturated carbocycles. The number of nitrogens with zero attached hydrogens (tertiary/aromatic N) is 2.